The topological polar surface area (TPSA) is 35.8 Å². The smallest absolute Gasteiger partial charge is 0.123 e. The van der Waals surface area contributed by atoms with Gasteiger partial charge >= 0.3 is 0 Å². The first-order valence-electron chi connectivity index (χ1n) is 6.21. The van der Waals surface area contributed by atoms with Crippen molar-refractivity contribution in [3.8, 4) is 6.07 Å². The van der Waals surface area contributed by atoms with Crippen LogP contribution in [0, 0.1) is 23.1 Å². The Labute approximate surface area is 101 Å². The maximum absolute atomic E-state index is 12.8. The highest BCUT2D eigenvalue weighted by molar-refractivity contribution is 5.45. The Kier molecular flexibility index (Phi) is 3.98. The molecule has 0 bridgehead atoms. The second-order valence-corrected chi connectivity index (χ2v) is 4.66. The Hall–Kier alpha value is -1.56. The van der Waals surface area contributed by atoms with Gasteiger partial charge in [-0.15, -0.1) is 0 Å². The van der Waals surface area contributed by atoms with Gasteiger partial charge in [0.2, 0.25) is 0 Å². The molecule has 1 aliphatic carbocycles. The molecule has 1 aromatic rings. The number of nitrogens with zero attached hydrogens (tertiary/aromatic N) is 1. The molecule has 2 rings (SSSR count). The lowest BCUT2D eigenvalue weighted by Gasteiger charge is -2.27. The molecule has 0 amide bonds. The van der Waals surface area contributed by atoms with E-state index in [1.54, 1.807) is 12.1 Å². The summed E-state index contributed by atoms with van der Waals surface area (Å²) in [6.45, 7) is 0. The van der Waals surface area contributed by atoms with Crippen LogP contribution in [0.15, 0.2) is 24.3 Å². The molecule has 0 spiro atoms. The summed E-state index contributed by atoms with van der Waals surface area (Å²) in [5, 5.41) is 12.4. The third-order valence-corrected chi connectivity index (χ3v) is 3.43. The number of hydrogen-bond donors (Lipinski definition) is 1. The number of benzene rings is 1. The van der Waals surface area contributed by atoms with E-state index in [1.807, 2.05) is 0 Å². The summed E-state index contributed by atoms with van der Waals surface area (Å²) in [5.41, 5.74) is 0.823. The fraction of sp³-hybridized carbons (Fsp3) is 0.500. The van der Waals surface area contributed by atoms with Gasteiger partial charge < -0.3 is 5.32 Å². The standard InChI is InChI=1S/C14H17FN2/c15-12-6-8-13(9-7-12)17-14(10-16)11-4-2-1-3-5-11/h6-9,11,14,17H,1-5H2. The first kappa shape index (κ1) is 11.9. The van der Waals surface area contributed by atoms with E-state index in [1.165, 1.54) is 31.4 Å². The fourth-order valence-corrected chi connectivity index (χ4v) is 2.45. The van der Waals surface area contributed by atoms with Gasteiger partial charge in [0.05, 0.1) is 6.07 Å². The van der Waals surface area contributed by atoms with Crippen LogP contribution in [0.5, 0.6) is 0 Å². The predicted molar refractivity (Wildman–Crippen MR) is 66.0 cm³/mol. The first-order chi connectivity index (χ1) is 8.29. The zero-order chi connectivity index (χ0) is 12.1. The van der Waals surface area contributed by atoms with Crippen LogP contribution in [0.2, 0.25) is 0 Å². The Bertz CT molecular complexity index is 388. The summed E-state index contributed by atoms with van der Waals surface area (Å²) in [6, 6.07) is 8.37. The van der Waals surface area contributed by atoms with Crippen molar-refractivity contribution in [2.45, 2.75) is 38.1 Å². The zero-order valence-electron chi connectivity index (χ0n) is 9.82. The third kappa shape index (κ3) is 3.20. The molecule has 1 unspecified atom stereocenters. The molecule has 3 heteroatoms. The minimum Gasteiger partial charge on any atom is -0.370 e. The predicted octanol–water partition coefficient (Wildman–Crippen LogP) is 3.71. The van der Waals surface area contributed by atoms with Gasteiger partial charge in [-0.05, 0) is 43.0 Å². The van der Waals surface area contributed by atoms with Crippen LogP contribution >= 0.6 is 0 Å². The Morgan fingerprint density at radius 2 is 1.82 bits per heavy atom. The number of nitrogens with one attached hydrogen (secondary N) is 1. The number of hydrogen-bond acceptors (Lipinski definition) is 2. The molecule has 1 atom stereocenters. The Morgan fingerprint density at radius 1 is 1.18 bits per heavy atom. The molecule has 1 N–H and O–H groups in total. The second-order valence-electron chi connectivity index (χ2n) is 4.66. The largest absolute Gasteiger partial charge is 0.370 e. The van der Waals surface area contributed by atoms with Gasteiger partial charge in [-0.3, -0.25) is 0 Å². The quantitative estimate of drug-likeness (QED) is 0.862. The van der Waals surface area contributed by atoms with Crippen LogP contribution in [0.4, 0.5) is 10.1 Å². The van der Waals surface area contributed by atoms with E-state index >= 15 is 0 Å². The highest BCUT2D eigenvalue weighted by Crippen LogP contribution is 2.28. The fourth-order valence-electron chi connectivity index (χ4n) is 2.45. The van der Waals surface area contributed by atoms with Gasteiger partial charge in [0, 0.05) is 5.69 Å². The molecule has 0 heterocycles. The monoisotopic (exact) mass is 232 g/mol. The van der Waals surface area contributed by atoms with Crippen LogP contribution in [0.1, 0.15) is 32.1 Å². The van der Waals surface area contributed by atoms with Gasteiger partial charge in [-0.1, -0.05) is 19.3 Å². The van der Waals surface area contributed by atoms with Gasteiger partial charge in [0.1, 0.15) is 11.9 Å². The molecule has 90 valence electrons. The molecule has 0 aliphatic heterocycles. The van der Waals surface area contributed by atoms with Gasteiger partial charge in [0.25, 0.3) is 0 Å². The average Bonchev–Trinajstić information content (AvgIpc) is 2.39. The van der Waals surface area contributed by atoms with E-state index in [-0.39, 0.29) is 11.9 Å². The van der Waals surface area contributed by atoms with Gasteiger partial charge in [-0.25, -0.2) is 4.39 Å². The van der Waals surface area contributed by atoms with Crippen molar-refractivity contribution in [1.29, 1.82) is 5.26 Å². The van der Waals surface area contributed by atoms with Crippen LogP contribution in [-0.4, -0.2) is 6.04 Å². The van der Waals surface area contributed by atoms with Crippen LogP contribution in [0.3, 0.4) is 0 Å². The maximum Gasteiger partial charge on any atom is 0.123 e. The van der Waals surface area contributed by atoms with E-state index in [0.717, 1.165) is 18.5 Å². The highest BCUT2D eigenvalue weighted by atomic mass is 19.1. The molecule has 1 aromatic carbocycles. The molecule has 1 aliphatic rings. The van der Waals surface area contributed by atoms with Crippen LogP contribution in [-0.2, 0) is 0 Å². The van der Waals surface area contributed by atoms with E-state index in [4.69, 9.17) is 0 Å². The number of nitriles is 1. The summed E-state index contributed by atoms with van der Waals surface area (Å²) in [4.78, 5) is 0. The number of anilines is 1. The highest BCUT2D eigenvalue weighted by Gasteiger charge is 2.23. The van der Waals surface area contributed by atoms with Crippen molar-refractivity contribution in [3.63, 3.8) is 0 Å². The van der Waals surface area contributed by atoms with Crippen molar-refractivity contribution < 1.29 is 4.39 Å². The summed E-state index contributed by atoms with van der Waals surface area (Å²) < 4.78 is 12.8. The zero-order valence-corrected chi connectivity index (χ0v) is 9.82. The second kappa shape index (κ2) is 5.67. The summed E-state index contributed by atoms with van der Waals surface area (Å²) in [6.07, 6.45) is 5.95. The van der Waals surface area contributed by atoms with Crippen molar-refractivity contribution in [1.82, 2.24) is 0 Å². The van der Waals surface area contributed by atoms with Gasteiger partial charge in [-0.2, -0.15) is 5.26 Å². The molecular formula is C14H17FN2. The lowest BCUT2D eigenvalue weighted by atomic mass is 9.84. The Balaban J connectivity index is 1.99. The van der Waals surface area contributed by atoms with Crippen molar-refractivity contribution in [3.05, 3.63) is 30.1 Å². The summed E-state index contributed by atoms with van der Waals surface area (Å²) >= 11 is 0. The molecule has 0 saturated heterocycles. The number of halogens is 1. The normalized spacial score (nSPS) is 18.4. The van der Waals surface area contributed by atoms with E-state index < -0.39 is 0 Å². The molecule has 1 fully saturated rings. The SMILES string of the molecule is N#CC(Nc1ccc(F)cc1)C1CCCCC1. The molecule has 0 radical (unpaired) electrons. The van der Waals surface area contributed by atoms with Crippen molar-refractivity contribution >= 4 is 5.69 Å². The molecular weight excluding hydrogens is 215 g/mol. The summed E-state index contributed by atoms with van der Waals surface area (Å²) in [5.74, 6) is 0.181. The minimum absolute atomic E-state index is 0.152. The van der Waals surface area contributed by atoms with E-state index in [0.29, 0.717) is 5.92 Å². The van der Waals surface area contributed by atoms with E-state index in [2.05, 4.69) is 11.4 Å². The van der Waals surface area contributed by atoms with Crippen LogP contribution < -0.4 is 5.32 Å². The van der Waals surface area contributed by atoms with Crippen LogP contribution in [0.25, 0.3) is 0 Å². The molecule has 17 heavy (non-hydrogen) atoms. The average molecular weight is 232 g/mol. The lowest BCUT2D eigenvalue weighted by molar-refractivity contribution is 0.346. The molecule has 2 nitrogen and oxygen atoms in total. The lowest BCUT2D eigenvalue weighted by Crippen LogP contribution is -2.29. The Morgan fingerprint density at radius 3 is 2.41 bits per heavy atom. The molecule has 0 aromatic heterocycles. The van der Waals surface area contributed by atoms with Gasteiger partial charge in [0.15, 0.2) is 0 Å². The van der Waals surface area contributed by atoms with Crippen molar-refractivity contribution in [2.75, 3.05) is 5.32 Å². The first-order valence-corrected chi connectivity index (χ1v) is 6.21. The molecule has 1 saturated carbocycles. The van der Waals surface area contributed by atoms with Crippen molar-refractivity contribution in [2.24, 2.45) is 5.92 Å². The summed E-state index contributed by atoms with van der Waals surface area (Å²) in [7, 11) is 0. The maximum atomic E-state index is 12.8. The third-order valence-electron chi connectivity index (χ3n) is 3.43. The van der Waals surface area contributed by atoms with E-state index in [9.17, 15) is 9.65 Å². The number of rotatable bonds is 3. The minimum atomic E-state index is -0.248.